The van der Waals surface area contributed by atoms with Gasteiger partial charge in [0.25, 0.3) is 0 Å². The lowest BCUT2D eigenvalue weighted by Crippen LogP contribution is -2.55. The fourth-order valence-corrected chi connectivity index (χ4v) is 3.41. The number of pyridine rings is 1. The maximum atomic E-state index is 12.8. The molecule has 1 N–H and O–H groups in total. The average molecular weight is 487 g/mol. The van der Waals surface area contributed by atoms with E-state index in [0.29, 0.717) is 19.0 Å². The van der Waals surface area contributed by atoms with Crippen molar-refractivity contribution in [2.24, 2.45) is 0 Å². The number of methoxy groups -OCH3 is 1. The van der Waals surface area contributed by atoms with E-state index in [1.54, 1.807) is 6.07 Å². The third kappa shape index (κ3) is 5.76. The molecule has 15 heteroatoms. The van der Waals surface area contributed by atoms with Crippen LogP contribution in [-0.2, 0) is 30.3 Å². The summed E-state index contributed by atoms with van der Waals surface area (Å²) in [6.45, 7) is -0.246. The van der Waals surface area contributed by atoms with E-state index in [9.17, 15) is 35.9 Å². The lowest BCUT2D eigenvalue weighted by Gasteiger charge is -2.31. The van der Waals surface area contributed by atoms with Crippen LogP contribution in [0.5, 0.6) is 5.88 Å². The fourth-order valence-electron chi connectivity index (χ4n) is 3.41. The molecule has 3 heterocycles. The van der Waals surface area contributed by atoms with Gasteiger partial charge in [0.1, 0.15) is 12.4 Å². The zero-order chi connectivity index (χ0) is 24.4. The van der Waals surface area contributed by atoms with Crippen molar-refractivity contribution in [1.82, 2.24) is 10.3 Å². The SMILES string of the molecule is COC[C@H]1CCCN1c1ccc2c(n1)OC(OC(=O)C(F)(F)F)(OC(=O)C(F)(F)F)CNC2. The van der Waals surface area contributed by atoms with Crippen molar-refractivity contribution in [2.75, 3.05) is 31.7 Å². The normalized spacial score (nSPS) is 20.5. The highest BCUT2D eigenvalue weighted by Gasteiger charge is 2.55. The Labute approximate surface area is 182 Å². The van der Waals surface area contributed by atoms with Gasteiger partial charge in [-0.25, -0.2) is 9.59 Å². The van der Waals surface area contributed by atoms with Gasteiger partial charge in [-0.2, -0.15) is 31.3 Å². The van der Waals surface area contributed by atoms with Crippen molar-refractivity contribution >= 4 is 17.8 Å². The molecule has 1 fully saturated rings. The summed E-state index contributed by atoms with van der Waals surface area (Å²) in [5.74, 6) is -9.41. The smallest absolute Gasteiger partial charge is 0.401 e. The maximum Gasteiger partial charge on any atom is 0.491 e. The summed E-state index contributed by atoms with van der Waals surface area (Å²) < 4.78 is 95.2. The summed E-state index contributed by atoms with van der Waals surface area (Å²) in [4.78, 5) is 28.8. The van der Waals surface area contributed by atoms with E-state index in [1.807, 2.05) is 4.90 Å². The second-order valence-corrected chi connectivity index (χ2v) is 7.24. The van der Waals surface area contributed by atoms with E-state index in [-0.39, 0.29) is 18.2 Å². The van der Waals surface area contributed by atoms with Gasteiger partial charge in [0, 0.05) is 25.8 Å². The predicted octanol–water partition coefficient (Wildman–Crippen LogP) is 2.04. The highest BCUT2D eigenvalue weighted by molar-refractivity contribution is 5.78. The standard InChI is InChI=1S/C18H19F6N3O6/c1-30-8-11-3-2-6-27(11)12-5-4-10-7-25-9-16(31-13(10)26-12,32-14(28)17(19,20)21)33-15(29)18(22,23)24/h4-5,11,25H,2-3,6-9H2,1H3/t11-/m1/s1. The molecule has 0 spiro atoms. The first-order valence-electron chi connectivity index (χ1n) is 9.60. The van der Waals surface area contributed by atoms with Crippen LogP contribution in [0, 0.1) is 0 Å². The van der Waals surface area contributed by atoms with Gasteiger partial charge in [0.05, 0.1) is 12.6 Å². The van der Waals surface area contributed by atoms with Gasteiger partial charge in [-0.3, -0.25) is 0 Å². The summed E-state index contributed by atoms with van der Waals surface area (Å²) in [6.07, 6.45) is -9.64. The number of carbonyl (C=O) groups is 2. The molecular weight excluding hydrogens is 468 g/mol. The molecule has 2 aliphatic rings. The molecule has 0 aromatic carbocycles. The lowest BCUT2D eigenvalue weighted by atomic mass is 10.2. The third-order valence-corrected chi connectivity index (χ3v) is 4.82. The minimum absolute atomic E-state index is 0.0691. The van der Waals surface area contributed by atoms with Crippen LogP contribution in [-0.4, -0.2) is 68.1 Å². The molecule has 2 aliphatic heterocycles. The summed E-state index contributed by atoms with van der Waals surface area (Å²) in [5.41, 5.74) is 0.217. The molecule has 0 radical (unpaired) electrons. The first-order chi connectivity index (χ1) is 15.3. The van der Waals surface area contributed by atoms with Gasteiger partial charge >= 0.3 is 30.3 Å². The Bertz CT molecular complexity index is 865. The van der Waals surface area contributed by atoms with Crippen LogP contribution in [0.2, 0.25) is 0 Å². The number of rotatable bonds is 5. The number of fused-ring (bicyclic) bond motifs is 1. The van der Waals surface area contributed by atoms with Gasteiger partial charge in [0.15, 0.2) is 0 Å². The Morgan fingerprint density at radius 2 is 1.82 bits per heavy atom. The monoisotopic (exact) mass is 487 g/mol. The predicted molar refractivity (Wildman–Crippen MR) is 95.8 cm³/mol. The minimum Gasteiger partial charge on any atom is -0.401 e. The average Bonchev–Trinajstić information content (AvgIpc) is 3.08. The summed E-state index contributed by atoms with van der Waals surface area (Å²) >= 11 is 0. The van der Waals surface area contributed by atoms with Gasteiger partial charge in [0.2, 0.25) is 5.88 Å². The summed E-state index contributed by atoms with van der Waals surface area (Å²) in [7, 11) is 1.51. The number of alkyl halides is 6. The second kappa shape index (κ2) is 9.21. The molecule has 1 atom stereocenters. The van der Waals surface area contributed by atoms with Gasteiger partial charge in [-0.05, 0) is 25.0 Å². The number of esters is 2. The van der Waals surface area contributed by atoms with Crippen LogP contribution >= 0.6 is 0 Å². The molecule has 0 aliphatic carbocycles. The number of hydrogen-bond acceptors (Lipinski definition) is 9. The van der Waals surface area contributed by atoms with Crippen LogP contribution < -0.4 is 15.0 Å². The van der Waals surface area contributed by atoms with E-state index in [4.69, 9.17) is 9.47 Å². The molecule has 1 saturated heterocycles. The largest absolute Gasteiger partial charge is 0.491 e. The molecule has 33 heavy (non-hydrogen) atoms. The van der Waals surface area contributed by atoms with Crippen molar-refractivity contribution in [1.29, 1.82) is 0 Å². The minimum atomic E-state index is -5.60. The zero-order valence-electron chi connectivity index (χ0n) is 17.1. The zero-order valence-corrected chi connectivity index (χ0v) is 17.1. The van der Waals surface area contributed by atoms with Crippen molar-refractivity contribution in [3.8, 4) is 5.88 Å². The Morgan fingerprint density at radius 3 is 2.39 bits per heavy atom. The molecular formula is C18H19F6N3O6. The van der Waals surface area contributed by atoms with Crippen LogP contribution in [0.3, 0.4) is 0 Å². The molecule has 9 nitrogen and oxygen atoms in total. The first-order valence-corrected chi connectivity index (χ1v) is 9.60. The van der Waals surface area contributed by atoms with Gasteiger partial charge in [-0.1, -0.05) is 0 Å². The second-order valence-electron chi connectivity index (χ2n) is 7.24. The van der Waals surface area contributed by atoms with Crippen molar-refractivity contribution < 1.29 is 54.9 Å². The first kappa shape index (κ1) is 24.8. The van der Waals surface area contributed by atoms with E-state index in [1.165, 1.54) is 13.2 Å². The molecule has 1 aromatic heterocycles. The van der Waals surface area contributed by atoms with Crippen LogP contribution in [0.4, 0.5) is 32.2 Å². The van der Waals surface area contributed by atoms with E-state index < -0.39 is 42.7 Å². The molecule has 0 amide bonds. The number of anilines is 1. The van der Waals surface area contributed by atoms with Crippen molar-refractivity contribution in [2.45, 2.75) is 43.8 Å². The number of ether oxygens (including phenoxy) is 4. The fraction of sp³-hybridized carbons (Fsp3) is 0.611. The Hall–Kier alpha value is -2.81. The number of carbonyl (C=O) groups excluding carboxylic acids is 2. The lowest BCUT2D eigenvalue weighted by molar-refractivity contribution is -0.331. The molecule has 184 valence electrons. The Kier molecular flexibility index (Phi) is 6.93. The van der Waals surface area contributed by atoms with Crippen LogP contribution in [0.1, 0.15) is 18.4 Å². The third-order valence-electron chi connectivity index (χ3n) is 4.82. The number of halogens is 6. The number of nitrogens with one attached hydrogen (secondary N) is 1. The highest BCUT2D eigenvalue weighted by Crippen LogP contribution is 2.34. The molecule has 1 aromatic rings. The van der Waals surface area contributed by atoms with E-state index in [2.05, 4.69) is 19.8 Å². The van der Waals surface area contributed by atoms with E-state index in [0.717, 1.165) is 12.8 Å². The number of aromatic nitrogens is 1. The van der Waals surface area contributed by atoms with E-state index >= 15 is 0 Å². The number of hydrogen-bond donors (Lipinski definition) is 1. The van der Waals surface area contributed by atoms with Gasteiger partial charge < -0.3 is 29.2 Å². The van der Waals surface area contributed by atoms with Crippen molar-refractivity contribution in [3.63, 3.8) is 0 Å². The maximum absolute atomic E-state index is 12.8. The molecule has 0 saturated carbocycles. The van der Waals surface area contributed by atoms with Gasteiger partial charge in [-0.15, -0.1) is 0 Å². The molecule has 0 unspecified atom stereocenters. The Morgan fingerprint density at radius 1 is 1.18 bits per heavy atom. The van der Waals surface area contributed by atoms with Crippen LogP contribution in [0.15, 0.2) is 12.1 Å². The highest BCUT2D eigenvalue weighted by atomic mass is 19.4. The quantitative estimate of drug-likeness (QED) is 0.380. The molecule has 0 bridgehead atoms. The summed E-state index contributed by atoms with van der Waals surface area (Å²) in [6, 6.07) is 3.01. The Balaban J connectivity index is 1.96. The topological polar surface area (TPSA) is 99.2 Å². The van der Waals surface area contributed by atoms with Crippen LogP contribution in [0.25, 0.3) is 0 Å². The molecule has 3 rings (SSSR count). The number of nitrogens with zero attached hydrogens (tertiary/aromatic N) is 2. The van der Waals surface area contributed by atoms with Crippen molar-refractivity contribution in [3.05, 3.63) is 17.7 Å². The summed E-state index contributed by atoms with van der Waals surface area (Å²) in [5, 5.41) is 2.44.